The molecule has 1 aliphatic rings. The number of carbonyl (C=O) groups is 1. The summed E-state index contributed by atoms with van der Waals surface area (Å²) in [5.74, 6) is -0.258. The first-order chi connectivity index (χ1) is 15.4. The minimum absolute atomic E-state index is 0.0452. The highest BCUT2D eigenvalue weighted by atomic mass is 32.2. The van der Waals surface area contributed by atoms with E-state index in [1.165, 1.54) is 16.4 Å². The molecule has 2 aromatic rings. The van der Waals surface area contributed by atoms with Crippen LogP contribution in [0.25, 0.3) is 0 Å². The Bertz CT molecular complexity index is 1030. The number of nitriles is 1. The fourth-order valence-corrected chi connectivity index (χ4v) is 5.45. The number of nitrogens with one attached hydrogen (secondary N) is 1. The highest BCUT2D eigenvalue weighted by molar-refractivity contribution is 7.89. The molecule has 8 heteroatoms. The van der Waals surface area contributed by atoms with Gasteiger partial charge in [0.15, 0.2) is 0 Å². The van der Waals surface area contributed by atoms with Crippen molar-refractivity contribution >= 4 is 21.6 Å². The van der Waals surface area contributed by atoms with Crippen molar-refractivity contribution in [3.8, 4) is 6.07 Å². The van der Waals surface area contributed by atoms with Gasteiger partial charge < -0.3 is 5.32 Å². The molecule has 0 atom stereocenters. The van der Waals surface area contributed by atoms with E-state index in [0.717, 1.165) is 37.7 Å². The average molecular weight is 455 g/mol. The van der Waals surface area contributed by atoms with Gasteiger partial charge in [0.05, 0.1) is 24.1 Å². The van der Waals surface area contributed by atoms with E-state index < -0.39 is 10.0 Å². The van der Waals surface area contributed by atoms with Crippen LogP contribution in [0, 0.1) is 11.3 Å². The maximum atomic E-state index is 13.0. The quantitative estimate of drug-likeness (QED) is 0.584. The minimum atomic E-state index is -3.57. The second kappa shape index (κ2) is 11.2. The van der Waals surface area contributed by atoms with E-state index in [9.17, 15) is 13.2 Å². The molecule has 3 rings (SSSR count). The predicted molar refractivity (Wildman–Crippen MR) is 124 cm³/mol. The van der Waals surface area contributed by atoms with Gasteiger partial charge >= 0.3 is 0 Å². The summed E-state index contributed by atoms with van der Waals surface area (Å²) in [4.78, 5) is 14.5. The van der Waals surface area contributed by atoms with Crippen molar-refractivity contribution in [1.82, 2.24) is 9.21 Å². The third-order valence-corrected chi connectivity index (χ3v) is 7.74. The van der Waals surface area contributed by atoms with Crippen LogP contribution in [-0.4, -0.2) is 49.7 Å². The van der Waals surface area contributed by atoms with E-state index in [2.05, 4.69) is 11.4 Å². The van der Waals surface area contributed by atoms with Crippen LogP contribution in [0.4, 0.5) is 5.69 Å². The number of nitrogens with zero attached hydrogens (tertiary/aromatic N) is 3. The number of anilines is 1. The molecule has 1 amide bonds. The Balaban J connectivity index is 1.60. The second-order valence-corrected chi connectivity index (χ2v) is 10.2. The maximum Gasteiger partial charge on any atom is 0.243 e. The number of hydrogen-bond donors (Lipinski definition) is 1. The Kier molecular flexibility index (Phi) is 8.39. The number of sulfonamides is 1. The molecule has 1 aliphatic carbocycles. The summed E-state index contributed by atoms with van der Waals surface area (Å²) >= 11 is 0. The lowest BCUT2D eigenvalue weighted by Gasteiger charge is -2.30. The van der Waals surface area contributed by atoms with Gasteiger partial charge in [-0.15, -0.1) is 0 Å². The molecule has 0 saturated heterocycles. The van der Waals surface area contributed by atoms with Crippen LogP contribution >= 0.6 is 0 Å². The van der Waals surface area contributed by atoms with Gasteiger partial charge in [-0.25, -0.2) is 8.42 Å². The Hall–Kier alpha value is -2.73. The third-order valence-electron chi connectivity index (χ3n) is 5.81. The van der Waals surface area contributed by atoms with Crippen molar-refractivity contribution in [2.45, 2.75) is 49.6 Å². The van der Waals surface area contributed by atoms with Crippen LogP contribution in [0.2, 0.25) is 0 Å². The van der Waals surface area contributed by atoms with E-state index >= 15 is 0 Å². The summed E-state index contributed by atoms with van der Waals surface area (Å²) in [6.07, 6.45) is 5.07. The fraction of sp³-hybridized carbons (Fsp3) is 0.417. The lowest BCUT2D eigenvalue weighted by molar-refractivity contribution is -0.117. The number of rotatable bonds is 9. The van der Waals surface area contributed by atoms with E-state index in [1.807, 2.05) is 30.3 Å². The first kappa shape index (κ1) is 23.9. The van der Waals surface area contributed by atoms with Gasteiger partial charge in [-0.1, -0.05) is 49.6 Å². The Morgan fingerprint density at radius 1 is 1.06 bits per heavy atom. The summed E-state index contributed by atoms with van der Waals surface area (Å²) < 4.78 is 27.4. The molecule has 1 saturated carbocycles. The first-order valence-electron chi connectivity index (χ1n) is 10.9. The van der Waals surface area contributed by atoms with Gasteiger partial charge in [-0.2, -0.15) is 9.57 Å². The van der Waals surface area contributed by atoms with Crippen molar-refractivity contribution in [3.63, 3.8) is 0 Å². The smallest absolute Gasteiger partial charge is 0.243 e. The number of hydrogen-bond acceptors (Lipinski definition) is 5. The van der Waals surface area contributed by atoms with Crippen molar-refractivity contribution in [3.05, 3.63) is 60.2 Å². The van der Waals surface area contributed by atoms with Gasteiger partial charge in [0.2, 0.25) is 15.9 Å². The van der Waals surface area contributed by atoms with Crippen LogP contribution in [0.1, 0.15) is 37.7 Å². The highest BCUT2D eigenvalue weighted by Gasteiger charge is 2.29. The van der Waals surface area contributed by atoms with E-state index in [-0.39, 0.29) is 29.9 Å². The highest BCUT2D eigenvalue weighted by Crippen LogP contribution is 2.27. The molecular weight excluding hydrogens is 424 g/mol. The lowest BCUT2D eigenvalue weighted by Crippen LogP contribution is -2.38. The summed E-state index contributed by atoms with van der Waals surface area (Å²) in [5.41, 5.74) is 1.54. The minimum Gasteiger partial charge on any atom is -0.325 e. The topological polar surface area (TPSA) is 93.5 Å². The number of carbonyl (C=O) groups excluding carboxylic acids is 1. The molecule has 1 fully saturated rings. The Labute approximate surface area is 190 Å². The molecule has 0 bridgehead atoms. The van der Waals surface area contributed by atoms with Gasteiger partial charge in [-0.05, 0) is 42.7 Å². The zero-order valence-electron chi connectivity index (χ0n) is 18.4. The molecule has 0 heterocycles. The van der Waals surface area contributed by atoms with Crippen molar-refractivity contribution in [2.24, 2.45) is 0 Å². The normalized spacial score (nSPS) is 14.9. The zero-order chi connectivity index (χ0) is 23.0. The summed E-state index contributed by atoms with van der Waals surface area (Å²) in [7, 11) is -1.92. The molecular formula is C24H30N4O3S. The predicted octanol–water partition coefficient (Wildman–Crippen LogP) is 3.60. The molecule has 2 aromatic carbocycles. The van der Waals surface area contributed by atoms with E-state index in [0.29, 0.717) is 12.2 Å². The second-order valence-electron chi connectivity index (χ2n) is 8.17. The molecule has 7 nitrogen and oxygen atoms in total. The maximum absolute atomic E-state index is 13.0. The lowest BCUT2D eigenvalue weighted by atomic mass is 9.96. The molecule has 0 radical (unpaired) electrons. The Morgan fingerprint density at radius 3 is 2.34 bits per heavy atom. The largest absolute Gasteiger partial charge is 0.325 e. The van der Waals surface area contributed by atoms with Crippen LogP contribution in [0.3, 0.4) is 0 Å². The van der Waals surface area contributed by atoms with E-state index in [4.69, 9.17) is 5.26 Å². The summed E-state index contributed by atoms with van der Waals surface area (Å²) in [6, 6.07) is 18.1. The van der Waals surface area contributed by atoms with Gasteiger partial charge in [0, 0.05) is 25.3 Å². The van der Waals surface area contributed by atoms with Gasteiger partial charge in [0.1, 0.15) is 0 Å². The van der Waals surface area contributed by atoms with Crippen LogP contribution < -0.4 is 5.32 Å². The van der Waals surface area contributed by atoms with Gasteiger partial charge in [0.25, 0.3) is 0 Å². The van der Waals surface area contributed by atoms with Gasteiger partial charge in [-0.3, -0.25) is 9.69 Å². The molecule has 0 spiro atoms. The number of benzene rings is 2. The van der Waals surface area contributed by atoms with Crippen LogP contribution in [0.5, 0.6) is 0 Å². The van der Waals surface area contributed by atoms with Crippen molar-refractivity contribution in [1.29, 1.82) is 5.26 Å². The third kappa shape index (κ3) is 6.39. The zero-order valence-corrected chi connectivity index (χ0v) is 19.2. The Morgan fingerprint density at radius 2 is 1.72 bits per heavy atom. The molecule has 0 unspecified atom stereocenters. The standard InChI is InChI=1S/C24H30N4O3S/c1-27(22-10-6-3-7-11-22)32(30,31)23-14-12-21(13-15-23)26-24(29)19-28(17-16-25)18-20-8-4-2-5-9-20/h2,4-5,8-9,12-15,22H,3,6-7,10-11,17-19H2,1H3,(H,26,29). The fourth-order valence-electron chi connectivity index (χ4n) is 4.03. The van der Waals surface area contributed by atoms with Crippen LogP contribution in [0.15, 0.2) is 59.5 Å². The van der Waals surface area contributed by atoms with Crippen molar-refractivity contribution in [2.75, 3.05) is 25.5 Å². The molecule has 1 N–H and O–H groups in total. The number of amides is 1. The summed E-state index contributed by atoms with van der Waals surface area (Å²) in [6.45, 7) is 0.687. The molecule has 0 aliphatic heterocycles. The SMILES string of the molecule is CN(C1CCCCC1)S(=O)(=O)c1ccc(NC(=O)CN(CC#N)Cc2ccccc2)cc1. The first-order valence-corrected chi connectivity index (χ1v) is 12.4. The monoisotopic (exact) mass is 454 g/mol. The average Bonchev–Trinajstić information content (AvgIpc) is 2.80. The van der Waals surface area contributed by atoms with Crippen LogP contribution in [-0.2, 0) is 21.4 Å². The summed E-state index contributed by atoms with van der Waals surface area (Å²) in [5, 5.41) is 11.9. The molecule has 0 aromatic heterocycles. The van der Waals surface area contributed by atoms with E-state index in [1.54, 1.807) is 24.1 Å². The van der Waals surface area contributed by atoms with Crippen molar-refractivity contribution < 1.29 is 13.2 Å². The molecule has 32 heavy (non-hydrogen) atoms. The molecule has 170 valence electrons.